The number of Topliss-reactive ketones (excluding diaryl/α,β-unsaturated/α-hetero) is 1. The van der Waals surface area contributed by atoms with Crippen molar-refractivity contribution >= 4 is 23.1 Å². The molecule has 3 aliphatic carbocycles. The van der Waals surface area contributed by atoms with Crippen molar-refractivity contribution in [1.82, 2.24) is 10.1 Å². The summed E-state index contributed by atoms with van der Waals surface area (Å²) in [6, 6.07) is 0. The molecule has 2 fully saturated rings. The monoisotopic (exact) mass is 398 g/mol. The first-order valence-corrected chi connectivity index (χ1v) is 10.8. The maximum Gasteiger partial charge on any atom is 0.331 e. The number of nitrogens with zero attached hydrogens (tertiary/aromatic N) is 2. The predicted molar refractivity (Wildman–Crippen MR) is 104 cm³/mol. The molecule has 0 bridgehead atoms. The fraction of sp³-hybridized carbons (Fsp3) is 0.524. The third-order valence-electron chi connectivity index (χ3n) is 5.94. The van der Waals surface area contributed by atoms with Gasteiger partial charge < -0.3 is 9.63 Å². The Labute approximate surface area is 166 Å². The highest BCUT2D eigenvalue weighted by molar-refractivity contribution is 7.13. The Bertz CT molecular complexity index is 1010. The number of ketones is 1. The SMILES string of the molecule is Cc1c(C2CC2)sc(CC(=O)C2=C(C(=O)O)CCC2)c1-c1nc(C2CC2)no1. The topological polar surface area (TPSA) is 93.3 Å². The highest BCUT2D eigenvalue weighted by Gasteiger charge is 2.34. The normalized spacial score (nSPS) is 19.5. The van der Waals surface area contributed by atoms with Gasteiger partial charge in [0.15, 0.2) is 11.6 Å². The molecule has 0 unspecified atom stereocenters. The van der Waals surface area contributed by atoms with Crippen molar-refractivity contribution < 1.29 is 19.2 Å². The molecule has 3 aliphatic rings. The van der Waals surface area contributed by atoms with E-state index in [-0.39, 0.29) is 17.8 Å². The molecule has 2 aromatic rings. The highest BCUT2D eigenvalue weighted by atomic mass is 32.1. The van der Waals surface area contributed by atoms with Crippen LogP contribution in [0.4, 0.5) is 0 Å². The van der Waals surface area contributed by atoms with E-state index in [1.165, 1.54) is 17.7 Å². The van der Waals surface area contributed by atoms with Crippen molar-refractivity contribution in [1.29, 1.82) is 0 Å². The second-order valence-corrected chi connectivity index (χ2v) is 9.25. The number of hydrogen-bond acceptors (Lipinski definition) is 6. The summed E-state index contributed by atoms with van der Waals surface area (Å²) in [4.78, 5) is 31.3. The van der Waals surface area contributed by atoms with E-state index in [1.807, 2.05) is 0 Å². The molecule has 2 heterocycles. The van der Waals surface area contributed by atoms with E-state index in [9.17, 15) is 14.7 Å². The first-order chi connectivity index (χ1) is 13.5. The van der Waals surface area contributed by atoms with Crippen molar-refractivity contribution in [3.63, 3.8) is 0 Å². The first-order valence-electron chi connectivity index (χ1n) is 9.97. The van der Waals surface area contributed by atoms with Gasteiger partial charge in [-0.3, -0.25) is 4.79 Å². The van der Waals surface area contributed by atoms with Gasteiger partial charge in [-0.05, 0) is 63.4 Å². The lowest BCUT2D eigenvalue weighted by atomic mass is 10.0. The summed E-state index contributed by atoms with van der Waals surface area (Å²) in [5, 5.41) is 13.5. The molecule has 0 atom stereocenters. The van der Waals surface area contributed by atoms with Crippen LogP contribution in [0.2, 0.25) is 0 Å². The summed E-state index contributed by atoms with van der Waals surface area (Å²) in [6.45, 7) is 2.08. The lowest BCUT2D eigenvalue weighted by molar-refractivity contribution is -0.133. The molecule has 6 nitrogen and oxygen atoms in total. The predicted octanol–water partition coefficient (Wildman–Crippen LogP) is 4.54. The number of rotatable bonds is 7. The molecule has 2 saturated carbocycles. The smallest absolute Gasteiger partial charge is 0.331 e. The Morgan fingerprint density at radius 3 is 2.54 bits per heavy atom. The third-order valence-corrected chi connectivity index (χ3v) is 7.39. The van der Waals surface area contributed by atoms with Gasteiger partial charge in [-0.25, -0.2) is 4.79 Å². The van der Waals surface area contributed by atoms with E-state index < -0.39 is 5.97 Å². The second-order valence-electron chi connectivity index (χ2n) is 8.11. The van der Waals surface area contributed by atoms with Crippen LogP contribution < -0.4 is 0 Å². The van der Waals surface area contributed by atoms with Crippen LogP contribution in [-0.2, 0) is 16.0 Å². The van der Waals surface area contributed by atoms with Gasteiger partial charge in [-0.2, -0.15) is 4.98 Å². The minimum atomic E-state index is -0.965. The van der Waals surface area contributed by atoms with Crippen LogP contribution in [-0.4, -0.2) is 27.0 Å². The minimum absolute atomic E-state index is 0.0818. The van der Waals surface area contributed by atoms with Crippen molar-refractivity contribution in [2.45, 2.75) is 70.1 Å². The zero-order chi connectivity index (χ0) is 19.4. The largest absolute Gasteiger partial charge is 0.478 e. The van der Waals surface area contributed by atoms with E-state index in [0.29, 0.717) is 36.1 Å². The molecule has 7 heteroatoms. The van der Waals surface area contributed by atoms with Gasteiger partial charge in [0.05, 0.1) is 5.56 Å². The summed E-state index contributed by atoms with van der Waals surface area (Å²) in [6.07, 6.45) is 6.55. The van der Waals surface area contributed by atoms with Crippen LogP contribution >= 0.6 is 11.3 Å². The number of allylic oxidation sites excluding steroid dienone is 1. The van der Waals surface area contributed by atoms with E-state index >= 15 is 0 Å². The quantitative estimate of drug-likeness (QED) is 0.736. The molecular formula is C21H22N2O4S. The average molecular weight is 398 g/mol. The Morgan fingerprint density at radius 1 is 1.14 bits per heavy atom. The number of thiophene rings is 1. The average Bonchev–Trinajstić information content (AvgIpc) is 3.56. The van der Waals surface area contributed by atoms with Gasteiger partial charge in [-0.15, -0.1) is 11.3 Å². The highest BCUT2D eigenvalue weighted by Crippen LogP contribution is 2.49. The van der Waals surface area contributed by atoms with Gasteiger partial charge in [-0.1, -0.05) is 5.16 Å². The van der Waals surface area contributed by atoms with E-state index in [1.54, 1.807) is 11.3 Å². The molecule has 0 aliphatic heterocycles. The second kappa shape index (κ2) is 6.65. The zero-order valence-corrected chi connectivity index (χ0v) is 16.6. The number of aliphatic carboxylic acids is 1. The summed E-state index contributed by atoms with van der Waals surface area (Å²) in [7, 11) is 0. The summed E-state index contributed by atoms with van der Waals surface area (Å²) in [5.41, 5.74) is 2.81. The van der Waals surface area contributed by atoms with E-state index in [4.69, 9.17) is 4.52 Å². The first kappa shape index (κ1) is 17.8. The minimum Gasteiger partial charge on any atom is -0.478 e. The molecular weight excluding hydrogens is 376 g/mol. The fourth-order valence-electron chi connectivity index (χ4n) is 4.12. The maximum atomic E-state index is 13.0. The molecule has 1 N–H and O–H groups in total. The third kappa shape index (κ3) is 3.11. The molecule has 5 rings (SSSR count). The van der Waals surface area contributed by atoms with Crippen LogP contribution in [0, 0.1) is 6.92 Å². The molecule has 28 heavy (non-hydrogen) atoms. The molecule has 0 amide bonds. The standard InChI is InChI=1S/C21H22N2O4S/c1-10-17(20-22-19(23-27-20)12-7-8-12)16(28-18(10)11-5-6-11)9-15(24)13-3-2-4-14(13)21(25)26/h11-12H,2-9H2,1H3,(H,25,26). The van der Waals surface area contributed by atoms with Crippen molar-refractivity contribution in [3.8, 4) is 11.5 Å². The van der Waals surface area contributed by atoms with Crippen molar-refractivity contribution in [2.24, 2.45) is 0 Å². The van der Waals surface area contributed by atoms with Gasteiger partial charge in [0, 0.05) is 33.2 Å². The van der Waals surface area contributed by atoms with Gasteiger partial charge in [0.2, 0.25) is 0 Å². The molecule has 0 saturated heterocycles. The van der Waals surface area contributed by atoms with Crippen LogP contribution in [0.5, 0.6) is 0 Å². The number of aromatic nitrogens is 2. The lowest BCUT2D eigenvalue weighted by Crippen LogP contribution is -2.10. The maximum absolute atomic E-state index is 13.0. The Hall–Kier alpha value is -2.28. The van der Waals surface area contributed by atoms with Crippen LogP contribution in [0.3, 0.4) is 0 Å². The van der Waals surface area contributed by atoms with Crippen LogP contribution in [0.25, 0.3) is 11.5 Å². The summed E-state index contributed by atoms with van der Waals surface area (Å²) < 4.78 is 5.58. The van der Waals surface area contributed by atoms with Crippen LogP contribution in [0.15, 0.2) is 15.7 Å². The Kier molecular flexibility index (Phi) is 4.23. The summed E-state index contributed by atoms with van der Waals surface area (Å²) in [5.74, 6) is 1.20. The number of carboxylic acid groups (broad SMARTS) is 1. The van der Waals surface area contributed by atoms with Crippen molar-refractivity contribution in [3.05, 3.63) is 32.3 Å². The number of carboxylic acids is 1. The van der Waals surface area contributed by atoms with Gasteiger partial charge >= 0.3 is 5.97 Å². The Balaban J connectivity index is 1.51. The molecule has 0 spiro atoms. The number of hydrogen-bond donors (Lipinski definition) is 1. The van der Waals surface area contributed by atoms with E-state index in [2.05, 4.69) is 17.1 Å². The molecule has 0 radical (unpaired) electrons. The number of carbonyl (C=O) groups excluding carboxylic acids is 1. The fourth-order valence-corrected chi connectivity index (χ4v) is 5.58. The molecule has 146 valence electrons. The molecule has 0 aromatic carbocycles. The lowest BCUT2D eigenvalue weighted by Gasteiger charge is -2.04. The van der Waals surface area contributed by atoms with Gasteiger partial charge in [0.1, 0.15) is 0 Å². The van der Waals surface area contributed by atoms with Crippen LogP contribution in [0.1, 0.15) is 77.9 Å². The Morgan fingerprint density at radius 2 is 1.86 bits per heavy atom. The van der Waals surface area contributed by atoms with E-state index in [0.717, 1.165) is 41.1 Å². The van der Waals surface area contributed by atoms with Gasteiger partial charge in [0.25, 0.3) is 5.89 Å². The molecule has 2 aromatic heterocycles. The number of carbonyl (C=O) groups is 2. The van der Waals surface area contributed by atoms with Crippen molar-refractivity contribution in [2.75, 3.05) is 0 Å². The summed E-state index contributed by atoms with van der Waals surface area (Å²) >= 11 is 1.66. The zero-order valence-electron chi connectivity index (χ0n) is 15.8.